The second-order valence-electron chi connectivity index (χ2n) is 5.55. The molecule has 5 heteroatoms. The van der Waals surface area contributed by atoms with Crippen molar-refractivity contribution in [1.29, 1.82) is 0 Å². The molecule has 0 aromatic carbocycles. The Hall–Kier alpha value is -0.810. The standard InChI is InChI=1S/C16H27N3OS/c1-3-9-17-14(12-21-13-7-5-4-6-8-13)15-16(20-2)19-11-10-18-15/h10-11,13-14,17H,3-9,12H2,1-2H3. The van der Waals surface area contributed by atoms with Gasteiger partial charge in [-0.2, -0.15) is 11.8 Å². The Bertz CT molecular complexity index is 410. The van der Waals surface area contributed by atoms with E-state index in [1.165, 1.54) is 32.1 Å². The molecule has 1 atom stereocenters. The van der Waals surface area contributed by atoms with Gasteiger partial charge >= 0.3 is 0 Å². The normalized spacial score (nSPS) is 17.6. The Labute approximate surface area is 132 Å². The minimum atomic E-state index is 0.223. The molecule has 0 bridgehead atoms. The summed E-state index contributed by atoms with van der Waals surface area (Å²) in [4.78, 5) is 8.79. The van der Waals surface area contributed by atoms with Crippen molar-refractivity contribution in [1.82, 2.24) is 15.3 Å². The van der Waals surface area contributed by atoms with Gasteiger partial charge in [0.15, 0.2) is 0 Å². The van der Waals surface area contributed by atoms with Crippen LogP contribution in [0, 0.1) is 0 Å². The minimum absolute atomic E-state index is 0.223. The smallest absolute Gasteiger partial charge is 0.237 e. The van der Waals surface area contributed by atoms with Crippen LogP contribution in [0.4, 0.5) is 0 Å². The quantitative estimate of drug-likeness (QED) is 0.795. The summed E-state index contributed by atoms with van der Waals surface area (Å²) in [7, 11) is 1.67. The SMILES string of the molecule is CCCNC(CSC1CCCCC1)c1nccnc1OC. The fourth-order valence-corrected chi connectivity index (χ4v) is 4.16. The molecule has 0 spiro atoms. The molecule has 1 aliphatic rings. The van der Waals surface area contributed by atoms with E-state index in [0.717, 1.165) is 29.7 Å². The molecule has 0 aliphatic heterocycles. The third kappa shape index (κ3) is 5.15. The number of methoxy groups -OCH3 is 1. The predicted octanol–water partition coefficient (Wildman–Crippen LogP) is 3.59. The average Bonchev–Trinajstić information content (AvgIpc) is 2.56. The number of ether oxygens (including phenoxy) is 1. The second-order valence-corrected chi connectivity index (χ2v) is 6.88. The van der Waals surface area contributed by atoms with Gasteiger partial charge in [0.2, 0.25) is 5.88 Å². The Kier molecular flexibility index (Phi) is 7.30. The predicted molar refractivity (Wildman–Crippen MR) is 88.9 cm³/mol. The Balaban J connectivity index is 1.99. The number of rotatable bonds is 8. The van der Waals surface area contributed by atoms with E-state index in [2.05, 4.69) is 34.0 Å². The summed E-state index contributed by atoms with van der Waals surface area (Å²) in [6.07, 6.45) is 11.5. The highest BCUT2D eigenvalue weighted by Crippen LogP contribution is 2.32. The molecule has 21 heavy (non-hydrogen) atoms. The van der Waals surface area contributed by atoms with Crippen LogP contribution >= 0.6 is 11.8 Å². The van der Waals surface area contributed by atoms with Crippen LogP contribution in [0.1, 0.15) is 57.2 Å². The van der Waals surface area contributed by atoms with E-state index < -0.39 is 0 Å². The highest BCUT2D eigenvalue weighted by Gasteiger charge is 2.21. The van der Waals surface area contributed by atoms with Crippen molar-refractivity contribution in [3.05, 3.63) is 18.1 Å². The van der Waals surface area contributed by atoms with Gasteiger partial charge in [-0.15, -0.1) is 0 Å². The van der Waals surface area contributed by atoms with Gasteiger partial charge in [-0.3, -0.25) is 4.98 Å². The largest absolute Gasteiger partial charge is 0.480 e. The molecule has 1 aromatic heterocycles. The summed E-state index contributed by atoms with van der Waals surface area (Å²) in [5.41, 5.74) is 0.941. The zero-order chi connectivity index (χ0) is 14.9. The lowest BCUT2D eigenvalue weighted by molar-refractivity contribution is 0.380. The molecular formula is C16H27N3OS. The molecule has 1 aromatic rings. The Morgan fingerprint density at radius 3 is 2.76 bits per heavy atom. The molecule has 0 amide bonds. The van der Waals surface area contributed by atoms with Gasteiger partial charge in [-0.1, -0.05) is 26.2 Å². The van der Waals surface area contributed by atoms with Gasteiger partial charge in [0.1, 0.15) is 5.69 Å². The summed E-state index contributed by atoms with van der Waals surface area (Å²) in [6.45, 7) is 3.18. The van der Waals surface area contributed by atoms with Crippen molar-refractivity contribution in [3.8, 4) is 5.88 Å². The lowest BCUT2D eigenvalue weighted by Crippen LogP contribution is -2.27. The first-order valence-corrected chi connectivity index (χ1v) is 9.10. The molecule has 118 valence electrons. The van der Waals surface area contributed by atoms with Crippen LogP contribution in [0.3, 0.4) is 0 Å². The molecule has 1 aliphatic carbocycles. The third-order valence-corrected chi connectivity index (χ3v) is 5.37. The Morgan fingerprint density at radius 1 is 1.29 bits per heavy atom. The van der Waals surface area contributed by atoms with Gasteiger partial charge < -0.3 is 10.1 Å². The molecule has 1 heterocycles. The van der Waals surface area contributed by atoms with Crippen molar-refractivity contribution >= 4 is 11.8 Å². The van der Waals surface area contributed by atoms with Crippen LogP contribution < -0.4 is 10.1 Å². The maximum Gasteiger partial charge on any atom is 0.237 e. The monoisotopic (exact) mass is 309 g/mol. The topological polar surface area (TPSA) is 47.0 Å². The minimum Gasteiger partial charge on any atom is -0.480 e. The van der Waals surface area contributed by atoms with E-state index in [0.29, 0.717) is 5.88 Å². The van der Waals surface area contributed by atoms with E-state index >= 15 is 0 Å². The van der Waals surface area contributed by atoms with Crippen molar-refractivity contribution < 1.29 is 4.74 Å². The second kappa shape index (κ2) is 9.26. The van der Waals surface area contributed by atoms with Crippen molar-refractivity contribution in [2.75, 3.05) is 19.4 Å². The van der Waals surface area contributed by atoms with E-state index in [9.17, 15) is 0 Å². The van der Waals surface area contributed by atoms with Gasteiger partial charge in [0.05, 0.1) is 13.2 Å². The third-order valence-electron chi connectivity index (χ3n) is 3.91. The molecule has 0 radical (unpaired) electrons. The van der Waals surface area contributed by atoms with Crippen LogP contribution in [0.2, 0.25) is 0 Å². The number of aromatic nitrogens is 2. The summed E-state index contributed by atoms with van der Waals surface area (Å²) < 4.78 is 5.38. The van der Waals surface area contributed by atoms with Crippen LogP contribution in [0.5, 0.6) is 5.88 Å². The molecule has 4 nitrogen and oxygen atoms in total. The van der Waals surface area contributed by atoms with E-state index in [1.54, 1.807) is 19.5 Å². The number of nitrogens with one attached hydrogen (secondary N) is 1. The number of nitrogens with zero attached hydrogens (tertiary/aromatic N) is 2. The van der Waals surface area contributed by atoms with E-state index in [1.807, 2.05) is 0 Å². The van der Waals surface area contributed by atoms with Crippen molar-refractivity contribution in [3.63, 3.8) is 0 Å². The fourth-order valence-electron chi connectivity index (χ4n) is 2.75. The van der Waals surface area contributed by atoms with Crippen LogP contribution in [-0.2, 0) is 0 Å². The van der Waals surface area contributed by atoms with Gasteiger partial charge in [0.25, 0.3) is 0 Å². The number of thioether (sulfide) groups is 1. The maximum absolute atomic E-state index is 5.38. The first-order chi connectivity index (χ1) is 10.3. The highest BCUT2D eigenvalue weighted by atomic mass is 32.2. The summed E-state index contributed by atoms with van der Waals surface area (Å²) in [5, 5.41) is 4.41. The molecule has 1 saturated carbocycles. The first-order valence-electron chi connectivity index (χ1n) is 8.05. The molecular weight excluding hydrogens is 282 g/mol. The lowest BCUT2D eigenvalue weighted by Gasteiger charge is -2.24. The molecule has 0 saturated heterocycles. The number of hydrogen-bond acceptors (Lipinski definition) is 5. The lowest BCUT2D eigenvalue weighted by atomic mass is 10.0. The fraction of sp³-hybridized carbons (Fsp3) is 0.750. The molecule has 1 unspecified atom stereocenters. The molecule has 2 rings (SSSR count). The van der Waals surface area contributed by atoms with Gasteiger partial charge in [-0.05, 0) is 25.8 Å². The first kappa shape index (κ1) is 16.6. The summed E-state index contributed by atoms with van der Waals surface area (Å²) in [6, 6.07) is 0.223. The van der Waals surface area contributed by atoms with Gasteiger partial charge in [0, 0.05) is 23.4 Å². The van der Waals surface area contributed by atoms with Crippen LogP contribution in [0.15, 0.2) is 12.4 Å². The van der Waals surface area contributed by atoms with Gasteiger partial charge in [-0.25, -0.2) is 4.98 Å². The highest BCUT2D eigenvalue weighted by molar-refractivity contribution is 7.99. The summed E-state index contributed by atoms with van der Waals surface area (Å²) in [5.74, 6) is 1.69. The van der Waals surface area contributed by atoms with E-state index in [4.69, 9.17) is 4.74 Å². The van der Waals surface area contributed by atoms with Crippen molar-refractivity contribution in [2.45, 2.75) is 56.7 Å². The number of hydrogen-bond donors (Lipinski definition) is 1. The Morgan fingerprint density at radius 2 is 2.05 bits per heavy atom. The zero-order valence-electron chi connectivity index (χ0n) is 13.2. The summed E-state index contributed by atoms with van der Waals surface area (Å²) >= 11 is 2.08. The zero-order valence-corrected chi connectivity index (χ0v) is 14.0. The average molecular weight is 309 g/mol. The molecule has 1 N–H and O–H groups in total. The van der Waals surface area contributed by atoms with E-state index in [-0.39, 0.29) is 6.04 Å². The van der Waals surface area contributed by atoms with Crippen molar-refractivity contribution in [2.24, 2.45) is 0 Å². The van der Waals surface area contributed by atoms with Crippen LogP contribution in [-0.4, -0.2) is 34.6 Å². The maximum atomic E-state index is 5.38. The molecule has 1 fully saturated rings. The van der Waals surface area contributed by atoms with Crippen LogP contribution in [0.25, 0.3) is 0 Å².